The zero-order valence-corrected chi connectivity index (χ0v) is 20.6. The minimum atomic E-state index is -0.854. The van der Waals surface area contributed by atoms with Crippen LogP contribution >= 0.6 is 0 Å². The molecular weight excluding hydrogens is 434 g/mol. The first-order chi connectivity index (χ1) is 16.1. The summed E-state index contributed by atoms with van der Waals surface area (Å²) in [6, 6.07) is 11.8. The molecule has 1 aromatic heterocycles. The predicted octanol–water partition coefficient (Wildman–Crippen LogP) is 3.62. The third kappa shape index (κ3) is 8.26. The number of hydrogen-bond donors (Lipinski definition) is 1. The monoisotopic (exact) mass is 469 g/mol. The molecule has 2 atom stereocenters. The van der Waals surface area contributed by atoms with Crippen LogP contribution < -0.4 is 5.32 Å². The van der Waals surface area contributed by atoms with Gasteiger partial charge in [-0.1, -0.05) is 30.3 Å². The van der Waals surface area contributed by atoms with Crippen LogP contribution in [0.1, 0.15) is 46.6 Å². The Morgan fingerprint density at radius 1 is 1.06 bits per heavy atom. The van der Waals surface area contributed by atoms with Crippen molar-refractivity contribution in [2.24, 2.45) is 0 Å². The quantitative estimate of drug-likeness (QED) is 0.394. The maximum absolute atomic E-state index is 13.0. The number of esters is 3. The van der Waals surface area contributed by atoms with Crippen molar-refractivity contribution in [1.82, 2.24) is 9.88 Å². The first-order valence-corrected chi connectivity index (χ1v) is 11.5. The van der Waals surface area contributed by atoms with Crippen LogP contribution in [0.25, 0.3) is 0 Å². The molecule has 0 aliphatic carbocycles. The molecule has 0 saturated carbocycles. The SMILES string of the molecule is CCOC(=O)[C@H](CCc1ccccc1)N([C@@H](C)C(=O)OC(=O)CNc1cccnc1)C(C)(C)C. The molecule has 1 N–H and O–H groups in total. The fraction of sp³-hybridized carbons (Fsp3) is 0.462. The van der Waals surface area contributed by atoms with Crippen LogP contribution in [0.4, 0.5) is 5.69 Å². The second-order valence-electron chi connectivity index (χ2n) is 8.93. The number of hydrogen-bond acceptors (Lipinski definition) is 8. The van der Waals surface area contributed by atoms with Crippen molar-refractivity contribution in [2.75, 3.05) is 18.5 Å². The van der Waals surface area contributed by atoms with E-state index in [4.69, 9.17) is 9.47 Å². The number of anilines is 1. The third-order valence-electron chi connectivity index (χ3n) is 5.29. The summed E-state index contributed by atoms with van der Waals surface area (Å²) in [5.41, 5.74) is 1.14. The van der Waals surface area contributed by atoms with Gasteiger partial charge in [0.25, 0.3) is 0 Å². The minimum Gasteiger partial charge on any atom is -0.465 e. The first-order valence-electron chi connectivity index (χ1n) is 11.5. The lowest BCUT2D eigenvalue weighted by Crippen LogP contribution is -2.58. The van der Waals surface area contributed by atoms with Gasteiger partial charge >= 0.3 is 17.9 Å². The van der Waals surface area contributed by atoms with E-state index in [0.29, 0.717) is 18.5 Å². The number of benzene rings is 1. The highest BCUT2D eigenvalue weighted by Crippen LogP contribution is 2.25. The summed E-state index contributed by atoms with van der Waals surface area (Å²) < 4.78 is 10.5. The Kier molecular flexibility index (Phi) is 10.2. The van der Waals surface area contributed by atoms with Gasteiger partial charge in [0.1, 0.15) is 18.6 Å². The fourth-order valence-electron chi connectivity index (χ4n) is 3.86. The van der Waals surface area contributed by atoms with Crippen molar-refractivity contribution in [3.8, 4) is 0 Å². The van der Waals surface area contributed by atoms with Gasteiger partial charge in [-0.05, 0) is 65.2 Å². The Hall–Kier alpha value is -3.26. The minimum absolute atomic E-state index is 0.186. The highest BCUT2D eigenvalue weighted by molar-refractivity contribution is 5.90. The van der Waals surface area contributed by atoms with Gasteiger partial charge < -0.3 is 14.8 Å². The molecule has 0 fully saturated rings. The number of ether oxygens (including phenoxy) is 2. The summed E-state index contributed by atoms with van der Waals surface area (Å²) in [5.74, 6) is -1.84. The van der Waals surface area contributed by atoms with E-state index in [-0.39, 0.29) is 13.2 Å². The number of nitrogens with zero attached hydrogens (tertiary/aromatic N) is 2. The summed E-state index contributed by atoms with van der Waals surface area (Å²) in [5, 5.41) is 2.87. The van der Waals surface area contributed by atoms with Gasteiger partial charge in [-0.2, -0.15) is 0 Å². The van der Waals surface area contributed by atoms with E-state index in [1.54, 1.807) is 43.3 Å². The van der Waals surface area contributed by atoms with Crippen LogP contribution in [0.3, 0.4) is 0 Å². The van der Waals surface area contributed by atoms with Gasteiger partial charge in [0.2, 0.25) is 0 Å². The molecule has 8 heteroatoms. The molecule has 0 saturated heterocycles. The maximum Gasteiger partial charge on any atom is 0.333 e. The molecule has 0 amide bonds. The summed E-state index contributed by atoms with van der Waals surface area (Å²) in [6.45, 7) is 9.18. The summed E-state index contributed by atoms with van der Waals surface area (Å²) in [7, 11) is 0. The molecule has 0 spiro atoms. The van der Waals surface area contributed by atoms with Crippen molar-refractivity contribution < 1.29 is 23.9 Å². The zero-order chi connectivity index (χ0) is 25.1. The van der Waals surface area contributed by atoms with Crippen LogP contribution in [-0.4, -0.2) is 58.6 Å². The topological polar surface area (TPSA) is 97.8 Å². The van der Waals surface area contributed by atoms with E-state index in [9.17, 15) is 14.4 Å². The standard InChI is InChI=1S/C26H35N3O5/c1-6-33-25(32)22(15-14-20-11-8-7-9-12-20)29(26(3,4)5)19(2)24(31)34-23(30)18-28-21-13-10-16-27-17-21/h7-13,16-17,19,22,28H,6,14-15,18H2,1-5H3/t19-,22-/m0/s1. The largest absolute Gasteiger partial charge is 0.465 e. The lowest BCUT2D eigenvalue weighted by Gasteiger charge is -2.43. The van der Waals surface area contributed by atoms with Crippen LogP contribution in [0, 0.1) is 0 Å². The van der Waals surface area contributed by atoms with E-state index in [1.807, 2.05) is 51.1 Å². The van der Waals surface area contributed by atoms with Crippen LogP contribution in [0.15, 0.2) is 54.9 Å². The van der Waals surface area contributed by atoms with Gasteiger partial charge in [0, 0.05) is 17.9 Å². The second-order valence-corrected chi connectivity index (χ2v) is 8.93. The number of aromatic nitrogens is 1. The summed E-state index contributed by atoms with van der Waals surface area (Å²) >= 11 is 0. The molecule has 184 valence electrons. The molecule has 34 heavy (non-hydrogen) atoms. The second kappa shape index (κ2) is 12.8. The number of aryl methyl sites for hydroxylation is 1. The normalized spacial score (nSPS) is 13.1. The molecule has 0 unspecified atom stereocenters. The fourth-order valence-corrected chi connectivity index (χ4v) is 3.86. The van der Waals surface area contributed by atoms with E-state index < -0.39 is 35.5 Å². The molecule has 1 aromatic carbocycles. The number of nitrogens with one attached hydrogen (secondary N) is 1. The molecule has 0 bridgehead atoms. The lowest BCUT2D eigenvalue weighted by molar-refractivity contribution is -0.167. The molecule has 8 nitrogen and oxygen atoms in total. The van der Waals surface area contributed by atoms with Gasteiger partial charge in [0.05, 0.1) is 12.3 Å². The molecule has 1 heterocycles. The molecule has 0 radical (unpaired) electrons. The highest BCUT2D eigenvalue weighted by atomic mass is 16.6. The Morgan fingerprint density at radius 2 is 1.76 bits per heavy atom. The highest BCUT2D eigenvalue weighted by Gasteiger charge is 2.41. The van der Waals surface area contributed by atoms with Crippen LogP contribution in [0.2, 0.25) is 0 Å². The molecule has 0 aliphatic rings. The van der Waals surface area contributed by atoms with Crippen LogP contribution in [-0.2, 0) is 30.3 Å². The Labute approximate surface area is 201 Å². The number of carbonyl (C=O) groups is 3. The van der Waals surface area contributed by atoms with Crippen molar-refractivity contribution in [1.29, 1.82) is 0 Å². The molecule has 2 aromatic rings. The lowest BCUT2D eigenvalue weighted by atomic mass is 9.95. The molecule has 0 aliphatic heterocycles. The van der Waals surface area contributed by atoms with Crippen molar-refractivity contribution >= 4 is 23.6 Å². The van der Waals surface area contributed by atoms with Gasteiger partial charge in [-0.3, -0.25) is 14.7 Å². The van der Waals surface area contributed by atoms with E-state index in [2.05, 4.69) is 10.3 Å². The Morgan fingerprint density at radius 3 is 2.35 bits per heavy atom. The Balaban J connectivity index is 2.14. The average molecular weight is 470 g/mol. The molecular formula is C26H35N3O5. The van der Waals surface area contributed by atoms with E-state index in [1.165, 1.54) is 0 Å². The van der Waals surface area contributed by atoms with Gasteiger partial charge in [-0.25, -0.2) is 9.59 Å². The van der Waals surface area contributed by atoms with Gasteiger partial charge in [0.15, 0.2) is 0 Å². The van der Waals surface area contributed by atoms with Crippen LogP contribution in [0.5, 0.6) is 0 Å². The van der Waals surface area contributed by atoms with E-state index in [0.717, 1.165) is 5.56 Å². The molecule has 2 rings (SSSR count). The third-order valence-corrected chi connectivity index (χ3v) is 5.29. The Bertz CT molecular complexity index is 928. The summed E-state index contributed by atoms with van der Waals surface area (Å²) in [4.78, 5) is 43.9. The number of pyridine rings is 1. The number of rotatable bonds is 11. The van der Waals surface area contributed by atoms with Crippen molar-refractivity contribution in [2.45, 2.75) is 65.1 Å². The van der Waals surface area contributed by atoms with Crippen molar-refractivity contribution in [3.63, 3.8) is 0 Å². The van der Waals surface area contributed by atoms with E-state index >= 15 is 0 Å². The van der Waals surface area contributed by atoms with Crippen molar-refractivity contribution in [3.05, 3.63) is 60.4 Å². The predicted molar refractivity (Wildman–Crippen MR) is 130 cm³/mol. The summed E-state index contributed by atoms with van der Waals surface area (Å²) in [6.07, 6.45) is 4.27. The van der Waals surface area contributed by atoms with Gasteiger partial charge in [-0.15, -0.1) is 0 Å². The smallest absolute Gasteiger partial charge is 0.333 e. The maximum atomic E-state index is 13.0. The number of carbonyl (C=O) groups excluding carboxylic acids is 3. The first kappa shape index (κ1) is 27.0. The average Bonchev–Trinajstić information content (AvgIpc) is 2.80. The zero-order valence-electron chi connectivity index (χ0n) is 20.6.